The molecule has 0 radical (unpaired) electrons. The topological polar surface area (TPSA) is 68.2 Å². The summed E-state index contributed by atoms with van der Waals surface area (Å²) in [5.74, 6) is 1.27. The first-order valence-electron chi connectivity index (χ1n) is 11.0. The molecule has 6 nitrogen and oxygen atoms in total. The van der Waals surface area contributed by atoms with Gasteiger partial charge in [0.2, 0.25) is 5.91 Å². The predicted molar refractivity (Wildman–Crippen MR) is 118 cm³/mol. The molecule has 1 unspecified atom stereocenters. The van der Waals surface area contributed by atoms with Crippen LogP contribution in [0.25, 0.3) is 22.5 Å². The Hall–Kier alpha value is -3.12. The molecular formula is C25H26N4O2. The van der Waals surface area contributed by atoms with Gasteiger partial charge in [0.25, 0.3) is 0 Å². The first-order valence-corrected chi connectivity index (χ1v) is 11.0. The molecule has 1 amide bonds. The predicted octanol–water partition coefficient (Wildman–Crippen LogP) is 3.95. The van der Waals surface area contributed by atoms with Crippen LogP contribution in [-0.4, -0.2) is 52.1 Å². The summed E-state index contributed by atoms with van der Waals surface area (Å²) in [7, 11) is 0. The standard InChI is InChI=1S/C25H26N4O2/c30-25(21-10-14-31-17-21)29-12-8-19(9-13-29)23-22(18-5-2-1-3-6-18)16-27-24(28-23)20-7-4-11-26-15-20/h1-7,11,15-16,19,21H,8-10,12-14,17H2. The number of hydrogen-bond donors (Lipinski definition) is 0. The van der Waals surface area contributed by atoms with Crippen LogP contribution in [0.3, 0.4) is 0 Å². The van der Waals surface area contributed by atoms with Crippen LogP contribution in [0.5, 0.6) is 0 Å². The fourth-order valence-electron chi connectivity index (χ4n) is 4.54. The van der Waals surface area contributed by atoms with Gasteiger partial charge in [-0.25, -0.2) is 9.97 Å². The number of carbonyl (C=O) groups excluding carboxylic acids is 1. The summed E-state index contributed by atoms with van der Waals surface area (Å²) in [6, 6.07) is 14.2. The van der Waals surface area contributed by atoms with Crippen molar-refractivity contribution in [1.29, 1.82) is 0 Å². The Morgan fingerprint density at radius 3 is 2.48 bits per heavy atom. The van der Waals surface area contributed by atoms with Crippen molar-refractivity contribution in [1.82, 2.24) is 19.9 Å². The zero-order valence-corrected chi connectivity index (χ0v) is 17.5. The van der Waals surface area contributed by atoms with Crippen LogP contribution >= 0.6 is 0 Å². The highest BCUT2D eigenvalue weighted by Gasteiger charge is 2.32. The number of likely N-dealkylation sites (tertiary alicyclic amines) is 1. The van der Waals surface area contributed by atoms with Crippen molar-refractivity contribution >= 4 is 5.91 Å². The number of rotatable bonds is 4. The van der Waals surface area contributed by atoms with Crippen molar-refractivity contribution in [2.45, 2.75) is 25.2 Å². The number of amides is 1. The molecule has 0 saturated carbocycles. The van der Waals surface area contributed by atoms with E-state index in [1.165, 1.54) is 0 Å². The van der Waals surface area contributed by atoms with Crippen molar-refractivity contribution in [3.63, 3.8) is 0 Å². The van der Waals surface area contributed by atoms with Crippen LogP contribution in [0.15, 0.2) is 61.1 Å². The lowest BCUT2D eigenvalue weighted by Crippen LogP contribution is -2.41. The van der Waals surface area contributed by atoms with E-state index in [1.807, 2.05) is 41.4 Å². The summed E-state index contributed by atoms with van der Waals surface area (Å²) in [6.45, 7) is 2.80. The molecule has 4 heterocycles. The highest BCUT2D eigenvalue weighted by Crippen LogP contribution is 2.35. The summed E-state index contributed by atoms with van der Waals surface area (Å²) < 4.78 is 5.41. The Labute approximate surface area is 182 Å². The van der Waals surface area contributed by atoms with Gasteiger partial charge in [-0.15, -0.1) is 0 Å². The van der Waals surface area contributed by atoms with Gasteiger partial charge in [-0.3, -0.25) is 9.78 Å². The van der Waals surface area contributed by atoms with E-state index < -0.39 is 0 Å². The lowest BCUT2D eigenvalue weighted by atomic mass is 9.88. The average molecular weight is 415 g/mol. The van der Waals surface area contributed by atoms with Crippen molar-refractivity contribution < 1.29 is 9.53 Å². The molecule has 0 bridgehead atoms. The average Bonchev–Trinajstić information content (AvgIpc) is 3.40. The third-order valence-electron chi connectivity index (χ3n) is 6.30. The van der Waals surface area contributed by atoms with Gasteiger partial charge in [0, 0.05) is 55.3 Å². The van der Waals surface area contributed by atoms with Gasteiger partial charge in [0.15, 0.2) is 5.82 Å². The van der Waals surface area contributed by atoms with Gasteiger partial charge in [0.05, 0.1) is 18.2 Å². The minimum Gasteiger partial charge on any atom is -0.381 e. The van der Waals surface area contributed by atoms with Crippen LogP contribution in [0, 0.1) is 5.92 Å². The van der Waals surface area contributed by atoms with E-state index >= 15 is 0 Å². The van der Waals surface area contributed by atoms with Crippen LogP contribution in [-0.2, 0) is 9.53 Å². The van der Waals surface area contributed by atoms with Crippen LogP contribution in [0.1, 0.15) is 30.9 Å². The molecule has 2 aliphatic rings. The van der Waals surface area contributed by atoms with Crippen molar-refractivity contribution in [2.75, 3.05) is 26.3 Å². The molecule has 31 heavy (non-hydrogen) atoms. The van der Waals surface area contributed by atoms with Gasteiger partial charge in [-0.05, 0) is 37.0 Å². The first-order chi connectivity index (χ1) is 15.3. The van der Waals surface area contributed by atoms with Gasteiger partial charge < -0.3 is 9.64 Å². The molecule has 0 N–H and O–H groups in total. The summed E-state index contributed by atoms with van der Waals surface area (Å²) in [5, 5.41) is 0. The first kappa shape index (κ1) is 19.8. The molecule has 158 valence electrons. The summed E-state index contributed by atoms with van der Waals surface area (Å²) in [5.41, 5.74) is 4.17. The lowest BCUT2D eigenvalue weighted by molar-refractivity contribution is -0.136. The van der Waals surface area contributed by atoms with E-state index in [0.29, 0.717) is 19.0 Å². The minimum atomic E-state index is 0.0349. The van der Waals surface area contributed by atoms with Crippen LogP contribution < -0.4 is 0 Å². The van der Waals surface area contributed by atoms with Gasteiger partial charge in [-0.2, -0.15) is 0 Å². The third kappa shape index (κ3) is 4.21. The maximum absolute atomic E-state index is 12.8. The Balaban J connectivity index is 1.42. The largest absolute Gasteiger partial charge is 0.381 e. The van der Waals surface area contributed by atoms with Gasteiger partial charge in [0.1, 0.15) is 0 Å². The number of pyridine rings is 1. The zero-order valence-electron chi connectivity index (χ0n) is 17.5. The fraction of sp³-hybridized carbons (Fsp3) is 0.360. The second kappa shape index (κ2) is 8.94. The van der Waals surface area contributed by atoms with Gasteiger partial charge >= 0.3 is 0 Å². The number of piperidine rings is 1. The Morgan fingerprint density at radius 2 is 1.77 bits per heavy atom. The van der Waals surface area contributed by atoms with E-state index in [1.54, 1.807) is 12.4 Å². The number of nitrogens with zero attached hydrogens (tertiary/aromatic N) is 4. The highest BCUT2D eigenvalue weighted by atomic mass is 16.5. The quantitative estimate of drug-likeness (QED) is 0.647. The Bertz CT molecular complexity index is 1030. The van der Waals surface area contributed by atoms with Crippen LogP contribution in [0.4, 0.5) is 0 Å². The van der Waals surface area contributed by atoms with E-state index in [4.69, 9.17) is 9.72 Å². The van der Waals surface area contributed by atoms with Crippen molar-refractivity contribution in [3.05, 3.63) is 66.7 Å². The molecule has 5 rings (SSSR count). The van der Waals surface area contributed by atoms with E-state index in [2.05, 4.69) is 22.1 Å². The molecule has 1 atom stereocenters. The van der Waals surface area contributed by atoms with Crippen molar-refractivity contribution in [2.24, 2.45) is 5.92 Å². The van der Waals surface area contributed by atoms with E-state index in [0.717, 1.165) is 54.7 Å². The minimum absolute atomic E-state index is 0.0349. The number of benzene rings is 1. The second-order valence-electron chi connectivity index (χ2n) is 8.26. The normalized spacial score (nSPS) is 19.5. The summed E-state index contributed by atoms with van der Waals surface area (Å²) in [6.07, 6.45) is 8.15. The molecule has 0 aliphatic carbocycles. The van der Waals surface area contributed by atoms with Gasteiger partial charge in [-0.1, -0.05) is 30.3 Å². The molecule has 0 spiro atoms. The maximum Gasteiger partial charge on any atom is 0.228 e. The number of hydrogen-bond acceptors (Lipinski definition) is 5. The van der Waals surface area contributed by atoms with E-state index in [9.17, 15) is 4.79 Å². The lowest BCUT2D eigenvalue weighted by Gasteiger charge is -2.33. The number of carbonyl (C=O) groups is 1. The third-order valence-corrected chi connectivity index (χ3v) is 6.30. The second-order valence-corrected chi connectivity index (χ2v) is 8.26. The fourth-order valence-corrected chi connectivity index (χ4v) is 4.54. The van der Waals surface area contributed by atoms with Crippen molar-refractivity contribution in [3.8, 4) is 22.5 Å². The Kier molecular flexibility index (Phi) is 5.71. The molecule has 3 aromatic rings. The molecule has 2 fully saturated rings. The Morgan fingerprint density at radius 1 is 0.968 bits per heavy atom. The molecule has 2 saturated heterocycles. The molecular weight excluding hydrogens is 388 g/mol. The zero-order chi connectivity index (χ0) is 21.0. The number of aromatic nitrogens is 3. The molecule has 1 aromatic carbocycles. The smallest absolute Gasteiger partial charge is 0.228 e. The molecule has 6 heteroatoms. The van der Waals surface area contributed by atoms with E-state index in [-0.39, 0.29) is 17.7 Å². The number of ether oxygens (including phenoxy) is 1. The monoisotopic (exact) mass is 414 g/mol. The summed E-state index contributed by atoms with van der Waals surface area (Å²) >= 11 is 0. The highest BCUT2D eigenvalue weighted by molar-refractivity contribution is 5.79. The van der Waals surface area contributed by atoms with Crippen LogP contribution in [0.2, 0.25) is 0 Å². The summed E-state index contributed by atoms with van der Waals surface area (Å²) in [4.78, 5) is 28.7. The SMILES string of the molecule is O=C(C1CCOC1)N1CCC(c2nc(-c3cccnc3)ncc2-c2ccccc2)CC1. The molecule has 2 aliphatic heterocycles. The maximum atomic E-state index is 12.8. The molecule has 2 aromatic heterocycles.